The van der Waals surface area contributed by atoms with Crippen molar-refractivity contribution in [1.82, 2.24) is 20.2 Å². The third-order valence-corrected chi connectivity index (χ3v) is 4.66. The fraction of sp³-hybridized carbons (Fsp3) is 0.625. The fourth-order valence-corrected chi connectivity index (χ4v) is 3.42. The van der Waals surface area contributed by atoms with Gasteiger partial charge in [-0.25, -0.2) is 9.97 Å². The Balaban J connectivity index is 1.48. The van der Waals surface area contributed by atoms with Gasteiger partial charge in [-0.1, -0.05) is 0 Å². The van der Waals surface area contributed by atoms with Crippen molar-refractivity contribution >= 4 is 17.8 Å². The number of ether oxygens (including phenoxy) is 1. The monoisotopic (exact) mass is 333 g/mol. The van der Waals surface area contributed by atoms with E-state index in [1.54, 1.807) is 18.5 Å². The molecule has 1 aromatic rings. The first kappa shape index (κ1) is 16.6. The molecule has 8 heteroatoms. The van der Waals surface area contributed by atoms with Crippen molar-refractivity contribution in [1.29, 1.82) is 0 Å². The number of aromatic nitrogens is 2. The third-order valence-electron chi connectivity index (χ3n) is 4.66. The first-order valence-electron chi connectivity index (χ1n) is 8.28. The van der Waals surface area contributed by atoms with Crippen LogP contribution < -0.4 is 10.6 Å². The molecule has 0 radical (unpaired) electrons. The van der Waals surface area contributed by atoms with Crippen LogP contribution in [-0.4, -0.2) is 65.6 Å². The Morgan fingerprint density at radius 1 is 1.38 bits per heavy atom. The molecule has 3 heterocycles. The number of carbonyl (C=O) groups excluding carboxylic acids is 2. The van der Waals surface area contributed by atoms with Gasteiger partial charge >= 0.3 is 0 Å². The Hall–Kier alpha value is -2.22. The standard InChI is InChI=1S/C16H23N5O3/c1-11(22)19-8-15(23)21-6-3-13-12(9-21)10-24-14(13)7-20-16-17-4-2-5-18-16/h2,4-5,12-14H,3,6-10H2,1H3,(H,19,22)(H,17,18,20)/t12-,13-,14-/m0/s1. The van der Waals surface area contributed by atoms with Crippen molar-refractivity contribution in [3.8, 4) is 0 Å². The highest BCUT2D eigenvalue weighted by Crippen LogP contribution is 2.34. The summed E-state index contributed by atoms with van der Waals surface area (Å²) in [4.78, 5) is 33.2. The van der Waals surface area contributed by atoms with Crippen molar-refractivity contribution in [2.24, 2.45) is 11.8 Å². The minimum Gasteiger partial charge on any atom is -0.376 e. The molecule has 24 heavy (non-hydrogen) atoms. The summed E-state index contributed by atoms with van der Waals surface area (Å²) in [5.74, 6) is 1.18. The zero-order chi connectivity index (χ0) is 16.9. The average Bonchev–Trinajstić information content (AvgIpc) is 3.01. The number of fused-ring (bicyclic) bond motifs is 1. The van der Waals surface area contributed by atoms with Gasteiger partial charge in [0.15, 0.2) is 0 Å². The Labute approximate surface area is 141 Å². The number of piperidine rings is 1. The molecule has 0 saturated carbocycles. The fourth-order valence-electron chi connectivity index (χ4n) is 3.42. The van der Waals surface area contributed by atoms with Gasteiger partial charge in [0.2, 0.25) is 17.8 Å². The lowest BCUT2D eigenvalue weighted by atomic mass is 9.84. The molecule has 3 rings (SSSR count). The maximum absolute atomic E-state index is 12.1. The average molecular weight is 333 g/mol. The second kappa shape index (κ2) is 7.57. The quantitative estimate of drug-likeness (QED) is 0.780. The number of carbonyl (C=O) groups is 2. The summed E-state index contributed by atoms with van der Waals surface area (Å²) in [6, 6.07) is 1.78. The highest BCUT2D eigenvalue weighted by atomic mass is 16.5. The van der Waals surface area contributed by atoms with E-state index in [1.807, 2.05) is 4.90 Å². The van der Waals surface area contributed by atoms with E-state index in [2.05, 4.69) is 20.6 Å². The smallest absolute Gasteiger partial charge is 0.241 e. The summed E-state index contributed by atoms with van der Waals surface area (Å²) in [7, 11) is 0. The predicted octanol–water partition coefficient (Wildman–Crippen LogP) is -0.112. The molecule has 0 unspecified atom stereocenters. The molecule has 130 valence electrons. The maximum Gasteiger partial charge on any atom is 0.241 e. The first-order chi connectivity index (χ1) is 11.6. The predicted molar refractivity (Wildman–Crippen MR) is 87.1 cm³/mol. The SMILES string of the molecule is CC(=O)NCC(=O)N1CC[C@H]2[C@H](CO[C@H]2CNc2ncccn2)C1. The molecule has 0 spiro atoms. The van der Waals surface area contributed by atoms with E-state index in [9.17, 15) is 9.59 Å². The van der Waals surface area contributed by atoms with E-state index < -0.39 is 0 Å². The van der Waals surface area contributed by atoms with Crippen LogP contribution in [-0.2, 0) is 14.3 Å². The summed E-state index contributed by atoms with van der Waals surface area (Å²) in [5, 5.41) is 5.78. The number of nitrogens with zero attached hydrogens (tertiary/aromatic N) is 3. The minimum absolute atomic E-state index is 0.0251. The summed E-state index contributed by atoms with van der Waals surface area (Å²) >= 11 is 0. The molecule has 8 nitrogen and oxygen atoms in total. The Kier molecular flexibility index (Phi) is 5.24. The number of rotatable bonds is 5. The molecule has 2 fully saturated rings. The molecular formula is C16H23N5O3. The lowest BCUT2D eigenvalue weighted by Crippen LogP contribution is -2.48. The van der Waals surface area contributed by atoms with Crippen molar-refractivity contribution in [2.45, 2.75) is 19.4 Å². The summed E-state index contributed by atoms with van der Waals surface area (Å²) in [6.45, 7) is 4.23. The van der Waals surface area contributed by atoms with Gasteiger partial charge in [0, 0.05) is 44.9 Å². The zero-order valence-corrected chi connectivity index (χ0v) is 13.8. The Morgan fingerprint density at radius 2 is 2.17 bits per heavy atom. The van der Waals surface area contributed by atoms with Gasteiger partial charge in [-0.15, -0.1) is 0 Å². The highest BCUT2D eigenvalue weighted by Gasteiger charge is 2.41. The van der Waals surface area contributed by atoms with Gasteiger partial charge in [0.05, 0.1) is 19.3 Å². The number of nitrogens with one attached hydrogen (secondary N) is 2. The van der Waals surface area contributed by atoms with Crippen molar-refractivity contribution < 1.29 is 14.3 Å². The lowest BCUT2D eigenvalue weighted by Gasteiger charge is -2.35. The number of hydrogen-bond acceptors (Lipinski definition) is 6. The molecule has 2 N–H and O–H groups in total. The van der Waals surface area contributed by atoms with Gasteiger partial charge < -0.3 is 20.3 Å². The zero-order valence-electron chi connectivity index (χ0n) is 13.8. The largest absolute Gasteiger partial charge is 0.376 e. The second-order valence-corrected chi connectivity index (χ2v) is 6.29. The Bertz CT molecular complexity index is 582. The molecule has 2 saturated heterocycles. The summed E-state index contributed by atoms with van der Waals surface area (Å²) in [5.41, 5.74) is 0. The summed E-state index contributed by atoms with van der Waals surface area (Å²) in [6.07, 6.45) is 4.43. The molecule has 3 atom stereocenters. The van der Waals surface area contributed by atoms with E-state index in [4.69, 9.17) is 4.74 Å². The maximum atomic E-state index is 12.1. The van der Waals surface area contributed by atoms with Crippen molar-refractivity contribution in [3.63, 3.8) is 0 Å². The van der Waals surface area contributed by atoms with Crippen LogP contribution in [0.1, 0.15) is 13.3 Å². The van der Waals surface area contributed by atoms with Gasteiger partial charge in [0.25, 0.3) is 0 Å². The van der Waals surface area contributed by atoms with Gasteiger partial charge in [0.1, 0.15) is 0 Å². The number of likely N-dealkylation sites (tertiary alicyclic amines) is 1. The second-order valence-electron chi connectivity index (χ2n) is 6.29. The van der Waals surface area contributed by atoms with E-state index in [0.717, 1.165) is 6.42 Å². The minimum atomic E-state index is -0.184. The van der Waals surface area contributed by atoms with Crippen LogP contribution in [0.3, 0.4) is 0 Å². The van der Waals surface area contributed by atoms with Crippen LogP contribution in [0.15, 0.2) is 18.5 Å². The normalized spacial score (nSPS) is 25.9. The van der Waals surface area contributed by atoms with E-state index in [-0.39, 0.29) is 24.5 Å². The van der Waals surface area contributed by atoms with Crippen LogP contribution in [0.25, 0.3) is 0 Å². The first-order valence-corrected chi connectivity index (χ1v) is 8.28. The topological polar surface area (TPSA) is 96.5 Å². The molecule has 0 aliphatic carbocycles. The van der Waals surface area contributed by atoms with Crippen molar-refractivity contribution in [3.05, 3.63) is 18.5 Å². The Morgan fingerprint density at radius 3 is 2.92 bits per heavy atom. The van der Waals surface area contributed by atoms with Gasteiger partial charge in [-0.2, -0.15) is 0 Å². The molecule has 0 aromatic carbocycles. The number of amides is 2. The van der Waals surface area contributed by atoms with Crippen LogP contribution in [0, 0.1) is 11.8 Å². The highest BCUT2D eigenvalue weighted by molar-refractivity contribution is 5.83. The van der Waals surface area contributed by atoms with E-state index >= 15 is 0 Å². The molecule has 2 amide bonds. The van der Waals surface area contributed by atoms with Crippen LogP contribution in [0.5, 0.6) is 0 Å². The molecule has 2 aliphatic heterocycles. The molecule has 0 bridgehead atoms. The third kappa shape index (κ3) is 4.00. The summed E-state index contributed by atoms with van der Waals surface area (Å²) < 4.78 is 5.92. The van der Waals surface area contributed by atoms with Crippen LogP contribution in [0.2, 0.25) is 0 Å². The molecule has 2 aliphatic rings. The van der Waals surface area contributed by atoms with Crippen LogP contribution >= 0.6 is 0 Å². The molecule has 1 aromatic heterocycles. The number of hydrogen-bond donors (Lipinski definition) is 2. The lowest BCUT2D eigenvalue weighted by molar-refractivity contribution is -0.134. The van der Waals surface area contributed by atoms with Gasteiger partial charge in [-0.3, -0.25) is 9.59 Å². The van der Waals surface area contributed by atoms with Gasteiger partial charge in [-0.05, 0) is 18.4 Å². The van der Waals surface area contributed by atoms with Crippen molar-refractivity contribution in [2.75, 3.05) is 38.1 Å². The van der Waals surface area contributed by atoms with E-state index in [1.165, 1.54) is 6.92 Å². The number of anilines is 1. The van der Waals surface area contributed by atoms with Crippen LogP contribution in [0.4, 0.5) is 5.95 Å². The molecular weight excluding hydrogens is 310 g/mol. The van der Waals surface area contributed by atoms with E-state index in [0.29, 0.717) is 44.0 Å².